The lowest BCUT2D eigenvalue weighted by atomic mass is 10.1. The van der Waals surface area contributed by atoms with Crippen LogP contribution in [-0.4, -0.2) is 49.8 Å². The van der Waals surface area contributed by atoms with E-state index in [2.05, 4.69) is 15.3 Å². The topological polar surface area (TPSA) is 117 Å². The van der Waals surface area contributed by atoms with Gasteiger partial charge in [0.05, 0.1) is 11.7 Å². The number of rotatable bonds is 5. The SMILES string of the molecule is CC(=O)c1[nH]c([C@@H]2CCCN2C(=O)OC(C)(C)C)nc1-c1ccc(C(=O)Nc2ccccn2)cc1. The lowest BCUT2D eigenvalue weighted by Gasteiger charge is -2.27. The Morgan fingerprint density at radius 1 is 1.11 bits per heavy atom. The molecule has 0 spiro atoms. The van der Waals surface area contributed by atoms with Gasteiger partial charge >= 0.3 is 6.09 Å². The molecule has 0 bridgehead atoms. The number of hydrogen-bond acceptors (Lipinski definition) is 6. The molecule has 0 aliphatic carbocycles. The Hall–Kier alpha value is -4.01. The van der Waals surface area contributed by atoms with Crippen molar-refractivity contribution in [3.05, 3.63) is 65.7 Å². The van der Waals surface area contributed by atoms with Gasteiger partial charge in [-0.25, -0.2) is 14.8 Å². The molecular weight excluding hydrogens is 446 g/mol. The van der Waals surface area contributed by atoms with Crippen LogP contribution in [0, 0.1) is 0 Å². The highest BCUT2D eigenvalue weighted by Gasteiger charge is 2.35. The second-order valence-corrected chi connectivity index (χ2v) is 9.48. The molecule has 3 heterocycles. The lowest BCUT2D eigenvalue weighted by Crippen LogP contribution is -2.36. The summed E-state index contributed by atoms with van der Waals surface area (Å²) in [6.45, 7) is 7.51. The van der Waals surface area contributed by atoms with E-state index >= 15 is 0 Å². The van der Waals surface area contributed by atoms with Crippen molar-refractivity contribution >= 4 is 23.6 Å². The zero-order valence-corrected chi connectivity index (χ0v) is 20.3. The maximum atomic E-state index is 12.7. The average molecular weight is 476 g/mol. The molecule has 0 unspecified atom stereocenters. The normalized spacial score (nSPS) is 15.7. The number of pyridine rings is 1. The summed E-state index contributed by atoms with van der Waals surface area (Å²) in [6.07, 6.45) is 2.74. The van der Waals surface area contributed by atoms with E-state index in [1.165, 1.54) is 6.92 Å². The van der Waals surface area contributed by atoms with Gasteiger partial charge < -0.3 is 15.0 Å². The fourth-order valence-electron chi connectivity index (χ4n) is 4.01. The third-order valence-electron chi connectivity index (χ3n) is 5.60. The standard InChI is InChI=1S/C26H29N5O4/c1-16(32)21-22(17-10-12-18(13-11-17)24(33)28-20-9-5-6-14-27-20)30-23(29-21)19-8-7-15-31(19)25(34)35-26(2,3)4/h5-6,9-14,19H,7-8,15H2,1-4H3,(H,29,30)(H,27,28,33)/t19-/m0/s1. The first-order valence-corrected chi connectivity index (χ1v) is 11.6. The van der Waals surface area contributed by atoms with Gasteiger partial charge in [-0.3, -0.25) is 14.5 Å². The van der Waals surface area contributed by atoms with E-state index in [0.717, 1.165) is 12.8 Å². The van der Waals surface area contributed by atoms with Crippen LogP contribution in [0.25, 0.3) is 11.3 Å². The minimum Gasteiger partial charge on any atom is -0.444 e. The summed E-state index contributed by atoms with van der Waals surface area (Å²) in [4.78, 5) is 51.3. The second kappa shape index (κ2) is 9.69. The van der Waals surface area contributed by atoms with E-state index in [1.807, 2.05) is 20.8 Å². The molecule has 0 saturated carbocycles. The van der Waals surface area contributed by atoms with E-state index in [9.17, 15) is 14.4 Å². The Kier molecular flexibility index (Phi) is 6.68. The third-order valence-corrected chi connectivity index (χ3v) is 5.60. The molecule has 9 heteroatoms. The molecule has 9 nitrogen and oxygen atoms in total. The van der Waals surface area contributed by atoms with Crippen LogP contribution in [0.1, 0.15) is 73.2 Å². The number of H-pyrrole nitrogens is 1. The number of benzene rings is 1. The van der Waals surface area contributed by atoms with Crippen LogP contribution >= 0.6 is 0 Å². The van der Waals surface area contributed by atoms with Crippen LogP contribution in [0.15, 0.2) is 48.7 Å². The van der Waals surface area contributed by atoms with Gasteiger partial charge in [-0.15, -0.1) is 0 Å². The van der Waals surface area contributed by atoms with Gasteiger partial charge in [-0.05, 0) is 57.9 Å². The van der Waals surface area contributed by atoms with Gasteiger partial charge in [0.1, 0.15) is 22.9 Å². The quantitative estimate of drug-likeness (QED) is 0.502. The van der Waals surface area contributed by atoms with Gasteiger partial charge in [0, 0.05) is 30.8 Å². The molecule has 182 valence electrons. The number of nitrogens with one attached hydrogen (secondary N) is 2. The molecule has 1 fully saturated rings. The Bertz CT molecular complexity index is 1230. The van der Waals surface area contributed by atoms with Crippen molar-refractivity contribution in [3.63, 3.8) is 0 Å². The van der Waals surface area contributed by atoms with Crippen molar-refractivity contribution in [2.75, 3.05) is 11.9 Å². The molecule has 4 rings (SSSR count). The summed E-state index contributed by atoms with van der Waals surface area (Å²) < 4.78 is 5.56. The molecule has 1 aliphatic rings. The van der Waals surface area contributed by atoms with Crippen molar-refractivity contribution < 1.29 is 19.1 Å². The molecule has 1 aliphatic heterocycles. The number of carbonyl (C=O) groups excluding carboxylic acids is 3. The van der Waals surface area contributed by atoms with Crippen LogP contribution in [0.5, 0.6) is 0 Å². The van der Waals surface area contributed by atoms with Crippen molar-refractivity contribution in [2.24, 2.45) is 0 Å². The lowest BCUT2D eigenvalue weighted by molar-refractivity contribution is 0.0218. The number of amides is 2. The Morgan fingerprint density at radius 3 is 2.49 bits per heavy atom. The first-order chi connectivity index (χ1) is 16.6. The summed E-state index contributed by atoms with van der Waals surface area (Å²) in [7, 11) is 0. The molecule has 0 radical (unpaired) electrons. The van der Waals surface area contributed by atoms with E-state index in [1.54, 1.807) is 53.6 Å². The maximum absolute atomic E-state index is 12.7. The molecule has 2 N–H and O–H groups in total. The summed E-state index contributed by atoms with van der Waals surface area (Å²) in [5, 5.41) is 2.74. The highest BCUT2D eigenvalue weighted by molar-refractivity contribution is 6.04. The second-order valence-electron chi connectivity index (χ2n) is 9.48. The number of carbonyl (C=O) groups is 3. The molecule has 2 amide bonds. The molecule has 1 atom stereocenters. The average Bonchev–Trinajstić information content (AvgIpc) is 3.46. The molecular formula is C26H29N5O4. The maximum Gasteiger partial charge on any atom is 0.410 e. The number of aromatic amines is 1. The first-order valence-electron chi connectivity index (χ1n) is 11.6. The number of hydrogen-bond donors (Lipinski definition) is 2. The number of likely N-dealkylation sites (tertiary alicyclic amines) is 1. The number of nitrogens with zero attached hydrogens (tertiary/aromatic N) is 3. The van der Waals surface area contributed by atoms with Crippen molar-refractivity contribution in [1.82, 2.24) is 19.9 Å². The zero-order chi connectivity index (χ0) is 25.2. The highest BCUT2D eigenvalue weighted by Crippen LogP contribution is 2.34. The van der Waals surface area contributed by atoms with Gasteiger partial charge in [0.2, 0.25) is 0 Å². The fraction of sp³-hybridized carbons (Fsp3) is 0.346. The largest absolute Gasteiger partial charge is 0.444 e. The predicted molar refractivity (Wildman–Crippen MR) is 131 cm³/mol. The Morgan fingerprint density at radius 2 is 1.86 bits per heavy atom. The molecule has 35 heavy (non-hydrogen) atoms. The van der Waals surface area contributed by atoms with Gasteiger partial charge in [0.25, 0.3) is 5.91 Å². The minimum atomic E-state index is -0.603. The van der Waals surface area contributed by atoms with Crippen molar-refractivity contribution in [1.29, 1.82) is 0 Å². The summed E-state index contributed by atoms with van der Waals surface area (Å²) in [5.74, 6) is 0.551. The van der Waals surface area contributed by atoms with Crippen molar-refractivity contribution in [2.45, 2.75) is 52.2 Å². The molecule has 3 aromatic rings. The molecule has 2 aromatic heterocycles. The van der Waals surface area contributed by atoms with Crippen molar-refractivity contribution in [3.8, 4) is 11.3 Å². The van der Waals surface area contributed by atoms with Crippen LogP contribution in [0.2, 0.25) is 0 Å². The number of ketones is 1. The Labute approximate surface area is 203 Å². The number of imidazole rings is 1. The van der Waals surface area contributed by atoms with Gasteiger partial charge in [-0.2, -0.15) is 0 Å². The summed E-state index contributed by atoms with van der Waals surface area (Å²) >= 11 is 0. The third kappa shape index (κ3) is 5.56. The smallest absolute Gasteiger partial charge is 0.410 e. The highest BCUT2D eigenvalue weighted by atomic mass is 16.6. The van der Waals surface area contributed by atoms with Gasteiger partial charge in [-0.1, -0.05) is 18.2 Å². The van der Waals surface area contributed by atoms with Crippen LogP contribution in [0.3, 0.4) is 0 Å². The van der Waals surface area contributed by atoms with E-state index in [-0.39, 0.29) is 17.7 Å². The minimum absolute atomic E-state index is 0.169. The summed E-state index contributed by atoms with van der Waals surface area (Å²) in [5.41, 5.74) is 1.38. The van der Waals surface area contributed by atoms with E-state index in [0.29, 0.717) is 40.7 Å². The van der Waals surface area contributed by atoms with Gasteiger partial charge in [0.15, 0.2) is 5.78 Å². The molecule has 1 aromatic carbocycles. The summed E-state index contributed by atoms with van der Waals surface area (Å²) in [6, 6.07) is 11.8. The number of anilines is 1. The van der Waals surface area contributed by atoms with Crippen LogP contribution in [0.4, 0.5) is 10.6 Å². The van der Waals surface area contributed by atoms with Crippen LogP contribution in [-0.2, 0) is 4.74 Å². The van der Waals surface area contributed by atoms with E-state index < -0.39 is 11.7 Å². The van der Waals surface area contributed by atoms with E-state index in [4.69, 9.17) is 9.72 Å². The monoisotopic (exact) mass is 475 g/mol. The first kappa shape index (κ1) is 24.1. The number of aromatic nitrogens is 3. The predicted octanol–water partition coefficient (Wildman–Crippen LogP) is 5.00. The fourth-order valence-corrected chi connectivity index (χ4v) is 4.01. The number of Topliss-reactive ketones (excluding diaryl/α,β-unsaturated/α-hetero) is 1. The Balaban J connectivity index is 1.57. The van der Waals surface area contributed by atoms with Crippen LogP contribution < -0.4 is 5.32 Å². The number of ether oxygens (including phenoxy) is 1. The zero-order valence-electron chi connectivity index (χ0n) is 20.3. The molecule has 1 saturated heterocycles.